The lowest BCUT2D eigenvalue weighted by molar-refractivity contribution is -0.115. The minimum Gasteiger partial charge on any atom is -0.365 e. The molecule has 3 rings (SSSR count). The highest BCUT2D eigenvalue weighted by Crippen LogP contribution is 2.36. The molecule has 0 spiro atoms. The number of carbonyl (C=O) groups excluding carboxylic acids is 2. The highest BCUT2D eigenvalue weighted by molar-refractivity contribution is 7.99. The lowest BCUT2D eigenvalue weighted by atomic mass is 10.0. The number of carbonyl (C=O) groups is 2. The van der Waals surface area contributed by atoms with E-state index in [-0.39, 0.29) is 5.91 Å². The van der Waals surface area contributed by atoms with E-state index in [0.29, 0.717) is 27.8 Å². The van der Waals surface area contributed by atoms with Crippen molar-refractivity contribution < 1.29 is 9.59 Å². The normalized spacial score (nSPS) is 14.1. The second kappa shape index (κ2) is 8.43. The van der Waals surface area contributed by atoms with Gasteiger partial charge in [0.1, 0.15) is 5.00 Å². The van der Waals surface area contributed by atoms with Crippen molar-refractivity contribution in [2.75, 3.05) is 24.7 Å². The fourth-order valence-electron chi connectivity index (χ4n) is 2.86. The smallest absolute Gasteiger partial charge is 0.251 e. The summed E-state index contributed by atoms with van der Waals surface area (Å²) in [5, 5.41) is 4.16. The molecule has 0 saturated heterocycles. The number of likely N-dealkylation sites (N-methyl/N-ethyl adjacent to an activating group) is 1. The number of anilines is 1. The lowest BCUT2D eigenvalue weighted by Gasteiger charge is -2.22. The summed E-state index contributed by atoms with van der Waals surface area (Å²) >= 11 is 8.92. The van der Waals surface area contributed by atoms with E-state index in [1.807, 2.05) is 31.3 Å². The third-order valence-electron chi connectivity index (χ3n) is 4.16. The largest absolute Gasteiger partial charge is 0.365 e. The standard InChI is InChI=1S/C18H20ClN3O2S2/c1-22-8-6-13-14(10-22)26-18(16(13)17(20)24)21-15(23)7-9-25-12-4-2-11(19)3-5-12/h2-5H,6-10H2,1H3,(H2,20,24)(H,21,23). The molecular weight excluding hydrogens is 390 g/mol. The molecule has 0 atom stereocenters. The van der Waals surface area contributed by atoms with E-state index in [4.69, 9.17) is 17.3 Å². The van der Waals surface area contributed by atoms with E-state index in [1.54, 1.807) is 11.8 Å². The zero-order valence-electron chi connectivity index (χ0n) is 14.4. The Kier molecular flexibility index (Phi) is 6.24. The Labute approximate surface area is 165 Å². The van der Waals surface area contributed by atoms with Gasteiger partial charge in [-0.1, -0.05) is 11.6 Å². The van der Waals surface area contributed by atoms with Gasteiger partial charge in [-0.05, 0) is 43.3 Å². The highest BCUT2D eigenvalue weighted by atomic mass is 35.5. The lowest BCUT2D eigenvalue weighted by Crippen LogP contribution is -2.27. The van der Waals surface area contributed by atoms with E-state index in [1.165, 1.54) is 11.3 Å². The monoisotopic (exact) mass is 409 g/mol. The van der Waals surface area contributed by atoms with Crippen molar-refractivity contribution in [3.63, 3.8) is 0 Å². The van der Waals surface area contributed by atoms with Gasteiger partial charge in [-0.3, -0.25) is 9.59 Å². The second-order valence-corrected chi connectivity index (χ2v) is 8.87. The molecule has 0 bridgehead atoms. The van der Waals surface area contributed by atoms with Crippen LogP contribution < -0.4 is 11.1 Å². The van der Waals surface area contributed by atoms with Crippen LogP contribution in [0.2, 0.25) is 5.02 Å². The Hall–Kier alpha value is -1.54. The van der Waals surface area contributed by atoms with Crippen molar-refractivity contribution in [3.05, 3.63) is 45.3 Å². The number of thiophene rings is 1. The van der Waals surface area contributed by atoms with Gasteiger partial charge in [0.05, 0.1) is 5.56 Å². The van der Waals surface area contributed by atoms with Crippen molar-refractivity contribution in [2.24, 2.45) is 5.73 Å². The molecule has 2 aromatic rings. The van der Waals surface area contributed by atoms with Crippen LogP contribution in [0.1, 0.15) is 27.2 Å². The van der Waals surface area contributed by atoms with Gasteiger partial charge in [-0.25, -0.2) is 0 Å². The summed E-state index contributed by atoms with van der Waals surface area (Å²) in [6.45, 7) is 1.66. The number of hydrogen-bond acceptors (Lipinski definition) is 5. The van der Waals surface area contributed by atoms with E-state index in [0.717, 1.165) is 34.8 Å². The quantitative estimate of drug-likeness (QED) is 0.714. The Morgan fingerprint density at radius 1 is 1.35 bits per heavy atom. The molecule has 0 fully saturated rings. The minimum absolute atomic E-state index is 0.110. The number of primary amides is 1. The molecule has 3 N–H and O–H groups in total. The molecule has 5 nitrogen and oxygen atoms in total. The number of benzene rings is 1. The topological polar surface area (TPSA) is 75.4 Å². The third kappa shape index (κ3) is 4.59. The van der Waals surface area contributed by atoms with Gasteiger partial charge < -0.3 is 16.0 Å². The van der Waals surface area contributed by atoms with Crippen LogP contribution in [0.3, 0.4) is 0 Å². The minimum atomic E-state index is -0.474. The van der Waals surface area contributed by atoms with Gasteiger partial charge in [0.2, 0.25) is 5.91 Å². The molecule has 1 aromatic heterocycles. The van der Waals surface area contributed by atoms with Gasteiger partial charge in [-0.2, -0.15) is 0 Å². The molecule has 1 aliphatic heterocycles. The van der Waals surface area contributed by atoms with Crippen molar-refractivity contribution in [2.45, 2.75) is 24.3 Å². The Morgan fingerprint density at radius 2 is 2.08 bits per heavy atom. The number of hydrogen-bond donors (Lipinski definition) is 2. The molecule has 8 heteroatoms. The average Bonchev–Trinajstić information content (AvgIpc) is 2.93. The molecule has 2 amide bonds. The van der Waals surface area contributed by atoms with Crippen LogP contribution in [0.25, 0.3) is 0 Å². The van der Waals surface area contributed by atoms with Gasteiger partial charge in [0.25, 0.3) is 5.91 Å². The van der Waals surface area contributed by atoms with Crippen molar-refractivity contribution in [1.29, 1.82) is 0 Å². The Bertz CT molecular complexity index is 821. The fourth-order valence-corrected chi connectivity index (χ4v) is 5.19. The van der Waals surface area contributed by atoms with Crippen LogP contribution in [-0.2, 0) is 17.8 Å². The maximum Gasteiger partial charge on any atom is 0.251 e. The summed E-state index contributed by atoms with van der Waals surface area (Å²) in [6, 6.07) is 7.52. The second-order valence-electron chi connectivity index (χ2n) is 6.16. The first-order valence-electron chi connectivity index (χ1n) is 8.25. The number of fused-ring (bicyclic) bond motifs is 1. The predicted octanol–water partition coefficient (Wildman–Crippen LogP) is 3.61. The van der Waals surface area contributed by atoms with Crippen LogP contribution >= 0.6 is 34.7 Å². The summed E-state index contributed by atoms with van der Waals surface area (Å²) in [5.41, 5.74) is 7.04. The summed E-state index contributed by atoms with van der Waals surface area (Å²) < 4.78 is 0. The van der Waals surface area contributed by atoms with Crippen molar-refractivity contribution in [3.8, 4) is 0 Å². The average molecular weight is 410 g/mol. The van der Waals surface area contributed by atoms with Crippen LogP contribution in [0.4, 0.5) is 5.00 Å². The zero-order chi connectivity index (χ0) is 18.7. The van der Waals surface area contributed by atoms with E-state index < -0.39 is 5.91 Å². The van der Waals surface area contributed by atoms with E-state index in [2.05, 4.69) is 10.2 Å². The third-order valence-corrected chi connectivity index (χ3v) is 6.56. The van der Waals surface area contributed by atoms with E-state index in [9.17, 15) is 9.59 Å². The number of nitrogens with one attached hydrogen (secondary N) is 1. The molecule has 0 aliphatic carbocycles. The first-order chi connectivity index (χ1) is 12.4. The molecule has 1 aromatic carbocycles. The molecule has 2 heterocycles. The summed E-state index contributed by atoms with van der Waals surface area (Å²) in [6.07, 6.45) is 1.14. The van der Waals surface area contributed by atoms with E-state index >= 15 is 0 Å². The molecule has 0 unspecified atom stereocenters. The Balaban J connectivity index is 1.62. The SMILES string of the molecule is CN1CCc2c(sc(NC(=O)CCSc3ccc(Cl)cc3)c2C(N)=O)C1. The number of halogens is 1. The number of rotatable bonds is 6. The van der Waals surface area contributed by atoms with Crippen LogP contribution in [-0.4, -0.2) is 36.1 Å². The van der Waals surface area contributed by atoms with Gasteiger partial charge in [0.15, 0.2) is 0 Å². The van der Waals surface area contributed by atoms with Crippen molar-refractivity contribution in [1.82, 2.24) is 4.90 Å². The number of nitrogens with zero attached hydrogens (tertiary/aromatic N) is 1. The number of thioether (sulfide) groups is 1. The molecule has 0 saturated carbocycles. The first-order valence-corrected chi connectivity index (χ1v) is 10.4. The number of amides is 2. The Morgan fingerprint density at radius 3 is 2.77 bits per heavy atom. The van der Waals surface area contributed by atoms with Gasteiger partial charge in [-0.15, -0.1) is 23.1 Å². The molecule has 1 aliphatic rings. The summed E-state index contributed by atoms with van der Waals surface area (Å²) in [5.74, 6) is 0.0616. The van der Waals surface area contributed by atoms with Crippen LogP contribution in [0, 0.1) is 0 Å². The zero-order valence-corrected chi connectivity index (χ0v) is 16.8. The molecule has 0 radical (unpaired) electrons. The highest BCUT2D eigenvalue weighted by Gasteiger charge is 2.26. The molecule has 138 valence electrons. The van der Waals surface area contributed by atoms with Crippen molar-refractivity contribution >= 4 is 51.5 Å². The predicted molar refractivity (Wildman–Crippen MR) is 108 cm³/mol. The maximum atomic E-state index is 12.3. The molecule has 26 heavy (non-hydrogen) atoms. The summed E-state index contributed by atoms with van der Waals surface area (Å²) in [4.78, 5) is 28.6. The first kappa shape index (κ1) is 19.2. The van der Waals surface area contributed by atoms with Gasteiger partial charge >= 0.3 is 0 Å². The maximum absolute atomic E-state index is 12.3. The fraction of sp³-hybridized carbons (Fsp3) is 0.333. The number of nitrogens with two attached hydrogens (primary N) is 1. The van der Waals surface area contributed by atoms with Gasteiger partial charge in [0, 0.05) is 40.1 Å². The van der Waals surface area contributed by atoms with Crippen LogP contribution in [0.15, 0.2) is 29.2 Å². The molecular formula is C18H20ClN3O2S2. The van der Waals surface area contributed by atoms with Crippen LogP contribution in [0.5, 0.6) is 0 Å². The summed E-state index contributed by atoms with van der Waals surface area (Å²) in [7, 11) is 2.04.